The summed E-state index contributed by atoms with van der Waals surface area (Å²) in [5.41, 5.74) is 1.55. The van der Waals surface area contributed by atoms with Crippen molar-refractivity contribution in [2.75, 3.05) is 7.11 Å². The highest BCUT2D eigenvalue weighted by Crippen LogP contribution is 2.31. The Morgan fingerprint density at radius 3 is 2.38 bits per heavy atom. The minimum atomic E-state index is -0.754. The minimum Gasteiger partial charge on any atom is -0.493 e. The van der Waals surface area contributed by atoms with Crippen LogP contribution in [0.1, 0.15) is 21.5 Å². The van der Waals surface area contributed by atoms with Gasteiger partial charge in [-0.1, -0.05) is 60.2 Å². The van der Waals surface area contributed by atoms with Crippen molar-refractivity contribution >= 4 is 35.4 Å². The maximum Gasteiger partial charge on any atom is 0.343 e. The third kappa shape index (κ3) is 5.00. The standard InChI is InChI=1S/C22H16ClNO5/c1-28-21-13-16(8-7-15-5-3-2-4-6-15)9-12-20(21)29-22(25)17-10-11-18(23)19(14-17)24(26)27/h2-14H,1H3/b8-7+. The summed E-state index contributed by atoms with van der Waals surface area (Å²) in [6, 6.07) is 18.6. The van der Waals surface area contributed by atoms with Gasteiger partial charge in [0.15, 0.2) is 11.5 Å². The molecule has 3 aromatic rings. The normalized spacial score (nSPS) is 10.7. The summed E-state index contributed by atoms with van der Waals surface area (Å²) in [4.78, 5) is 22.7. The molecule has 146 valence electrons. The maximum absolute atomic E-state index is 12.4. The number of carbonyl (C=O) groups is 1. The molecule has 0 amide bonds. The van der Waals surface area contributed by atoms with Crippen molar-refractivity contribution in [3.63, 3.8) is 0 Å². The lowest BCUT2D eigenvalue weighted by Crippen LogP contribution is -2.09. The molecule has 0 unspecified atom stereocenters. The number of methoxy groups -OCH3 is 1. The van der Waals surface area contributed by atoms with E-state index in [2.05, 4.69) is 0 Å². The molecule has 0 heterocycles. The average Bonchev–Trinajstić information content (AvgIpc) is 2.73. The Hall–Kier alpha value is -3.64. The summed E-state index contributed by atoms with van der Waals surface area (Å²) in [5.74, 6) is -0.195. The Kier molecular flexibility index (Phi) is 6.26. The highest BCUT2D eigenvalue weighted by molar-refractivity contribution is 6.32. The Balaban J connectivity index is 1.80. The summed E-state index contributed by atoms with van der Waals surface area (Å²) in [6.07, 6.45) is 3.86. The molecule has 0 atom stereocenters. The first-order chi connectivity index (χ1) is 14.0. The van der Waals surface area contributed by atoms with Gasteiger partial charge < -0.3 is 9.47 Å². The van der Waals surface area contributed by atoms with E-state index < -0.39 is 10.9 Å². The van der Waals surface area contributed by atoms with Crippen LogP contribution in [0.15, 0.2) is 66.7 Å². The molecule has 0 saturated heterocycles. The third-order valence-corrected chi connectivity index (χ3v) is 4.36. The number of nitro groups is 1. The molecule has 7 heteroatoms. The summed E-state index contributed by atoms with van der Waals surface area (Å²) in [6.45, 7) is 0. The molecule has 0 bridgehead atoms. The number of rotatable bonds is 6. The topological polar surface area (TPSA) is 78.7 Å². The molecule has 0 aliphatic rings. The van der Waals surface area contributed by atoms with Crippen molar-refractivity contribution in [2.45, 2.75) is 0 Å². The van der Waals surface area contributed by atoms with E-state index in [0.717, 1.165) is 17.2 Å². The predicted octanol–water partition coefficient (Wildman–Crippen LogP) is 5.65. The molecule has 0 aliphatic carbocycles. The van der Waals surface area contributed by atoms with Gasteiger partial charge in [-0.05, 0) is 35.4 Å². The zero-order valence-corrected chi connectivity index (χ0v) is 16.1. The van der Waals surface area contributed by atoms with Crippen LogP contribution in [0.25, 0.3) is 12.2 Å². The van der Waals surface area contributed by atoms with Crippen molar-refractivity contribution in [3.05, 3.63) is 98.6 Å². The molecule has 0 fully saturated rings. The van der Waals surface area contributed by atoms with E-state index in [4.69, 9.17) is 21.1 Å². The summed E-state index contributed by atoms with van der Waals surface area (Å²) >= 11 is 5.77. The van der Waals surface area contributed by atoms with Crippen LogP contribution in [0.4, 0.5) is 5.69 Å². The molecule has 0 aliphatic heterocycles. The van der Waals surface area contributed by atoms with Crippen LogP contribution in [0, 0.1) is 10.1 Å². The number of halogens is 1. The van der Waals surface area contributed by atoms with E-state index in [1.807, 2.05) is 42.5 Å². The molecular weight excluding hydrogens is 394 g/mol. The van der Waals surface area contributed by atoms with Crippen molar-refractivity contribution < 1.29 is 19.2 Å². The molecule has 29 heavy (non-hydrogen) atoms. The zero-order chi connectivity index (χ0) is 20.8. The van der Waals surface area contributed by atoms with E-state index in [9.17, 15) is 14.9 Å². The fraction of sp³-hybridized carbons (Fsp3) is 0.0455. The number of ether oxygens (including phenoxy) is 2. The van der Waals surface area contributed by atoms with E-state index >= 15 is 0 Å². The Labute approximate surface area is 172 Å². The van der Waals surface area contributed by atoms with Crippen LogP contribution in [-0.2, 0) is 0 Å². The molecule has 0 aromatic heterocycles. The summed E-state index contributed by atoms with van der Waals surface area (Å²) < 4.78 is 10.7. The quantitative estimate of drug-likeness (QED) is 0.173. The van der Waals surface area contributed by atoms with Gasteiger partial charge in [0, 0.05) is 6.07 Å². The summed E-state index contributed by atoms with van der Waals surface area (Å²) in [5, 5.41) is 10.9. The fourth-order valence-electron chi connectivity index (χ4n) is 2.57. The van der Waals surface area contributed by atoms with Gasteiger partial charge in [-0.2, -0.15) is 0 Å². The van der Waals surface area contributed by atoms with E-state index in [1.165, 1.54) is 19.2 Å². The molecule has 0 spiro atoms. The molecule has 3 aromatic carbocycles. The van der Waals surface area contributed by atoms with E-state index in [-0.39, 0.29) is 22.0 Å². The molecule has 0 N–H and O–H groups in total. The lowest BCUT2D eigenvalue weighted by molar-refractivity contribution is -0.384. The predicted molar refractivity (Wildman–Crippen MR) is 111 cm³/mol. The van der Waals surface area contributed by atoms with Gasteiger partial charge in [-0.3, -0.25) is 10.1 Å². The fourth-order valence-corrected chi connectivity index (χ4v) is 2.75. The number of nitrogens with zero attached hydrogens (tertiary/aromatic N) is 1. The first kappa shape index (κ1) is 20.1. The average molecular weight is 410 g/mol. The van der Waals surface area contributed by atoms with Crippen molar-refractivity contribution in [2.24, 2.45) is 0 Å². The number of benzene rings is 3. The van der Waals surface area contributed by atoms with Crippen LogP contribution in [0.3, 0.4) is 0 Å². The van der Waals surface area contributed by atoms with Crippen LogP contribution in [0.2, 0.25) is 5.02 Å². The molecular formula is C22H16ClNO5. The molecule has 6 nitrogen and oxygen atoms in total. The number of esters is 1. The zero-order valence-electron chi connectivity index (χ0n) is 15.4. The van der Waals surface area contributed by atoms with Crippen LogP contribution >= 0.6 is 11.6 Å². The van der Waals surface area contributed by atoms with Crippen LogP contribution in [-0.4, -0.2) is 18.0 Å². The van der Waals surface area contributed by atoms with Gasteiger partial charge in [-0.25, -0.2) is 4.79 Å². The molecule has 0 saturated carbocycles. The second-order valence-corrected chi connectivity index (χ2v) is 6.37. The van der Waals surface area contributed by atoms with Crippen LogP contribution in [0.5, 0.6) is 11.5 Å². The van der Waals surface area contributed by atoms with Gasteiger partial charge in [-0.15, -0.1) is 0 Å². The SMILES string of the molecule is COc1cc(/C=C/c2ccccc2)ccc1OC(=O)c1ccc(Cl)c([N+](=O)[O-])c1. The van der Waals surface area contributed by atoms with Crippen molar-refractivity contribution in [3.8, 4) is 11.5 Å². The van der Waals surface area contributed by atoms with Gasteiger partial charge >= 0.3 is 5.97 Å². The third-order valence-electron chi connectivity index (χ3n) is 4.04. The Morgan fingerprint density at radius 2 is 1.69 bits per heavy atom. The lowest BCUT2D eigenvalue weighted by Gasteiger charge is -2.10. The van der Waals surface area contributed by atoms with Gasteiger partial charge in [0.25, 0.3) is 5.69 Å². The number of nitro benzene ring substituents is 1. The van der Waals surface area contributed by atoms with Gasteiger partial charge in [0.05, 0.1) is 17.6 Å². The minimum absolute atomic E-state index is 0.0104. The number of carbonyl (C=O) groups excluding carboxylic acids is 1. The lowest BCUT2D eigenvalue weighted by atomic mass is 10.1. The van der Waals surface area contributed by atoms with Crippen LogP contribution < -0.4 is 9.47 Å². The van der Waals surface area contributed by atoms with Crippen molar-refractivity contribution in [1.29, 1.82) is 0 Å². The van der Waals surface area contributed by atoms with Gasteiger partial charge in [0.2, 0.25) is 0 Å². The first-order valence-corrected chi connectivity index (χ1v) is 8.93. The van der Waals surface area contributed by atoms with Crippen molar-refractivity contribution in [1.82, 2.24) is 0 Å². The summed E-state index contributed by atoms with van der Waals surface area (Å²) in [7, 11) is 1.46. The number of hydrogen-bond donors (Lipinski definition) is 0. The first-order valence-electron chi connectivity index (χ1n) is 8.55. The maximum atomic E-state index is 12.4. The monoisotopic (exact) mass is 409 g/mol. The second kappa shape index (κ2) is 9.03. The van der Waals surface area contributed by atoms with Gasteiger partial charge in [0.1, 0.15) is 5.02 Å². The Morgan fingerprint density at radius 1 is 0.966 bits per heavy atom. The largest absolute Gasteiger partial charge is 0.493 e. The molecule has 3 rings (SSSR count). The highest BCUT2D eigenvalue weighted by atomic mass is 35.5. The Bertz CT molecular complexity index is 1080. The van der Waals surface area contributed by atoms with E-state index in [1.54, 1.807) is 18.2 Å². The molecule has 0 radical (unpaired) electrons. The van der Waals surface area contributed by atoms with E-state index in [0.29, 0.717) is 5.75 Å². The number of hydrogen-bond acceptors (Lipinski definition) is 5. The second-order valence-electron chi connectivity index (χ2n) is 5.97. The highest BCUT2D eigenvalue weighted by Gasteiger charge is 2.19. The smallest absolute Gasteiger partial charge is 0.343 e.